The van der Waals surface area contributed by atoms with E-state index in [4.69, 9.17) is 16.9 Å². The lowest BCUT2D eigenvalue weighted by Gasteiger charge is -2.20. The van der Waals surface area contributed by atoms with Crippen LogP contribution in [0.1, 0.15) is 12.0 Å². The average molecular weight is 328 g/mol. The molecule has 23 heavy (non-hydrogen) atoms. The van der Waals surface area contributed by atoms with E-state index in [9.17, 15) is 9.59 Å². The van der Waals surface area contributed by atoms with Gasteiger partial charge in [-0.25, -0.2) is 4.79 Å². The molecule has 0 aliphatic carbocycles. The molecule has 0 fully saturated rings. The van der Waals surface area contributed by atoms with E-state index in [0.29, 0.717) is 10.7 Å². The fraction of sp³-hybridized carbons (Fsp3) is 0.118. The zero-order valence-corrected chi connectivity index (χ0v) is 13.0. The summed E-state index contributed by atoms with van der Waals surface area (Å²) < 4.78 is 0. The Balaban J connectivity index is 2.15. The van der Waals surface area contributed by atoms with Crippen LogP contribution in [0, 0.1) is 11.3 Å². The maximum atomic E-state index is 12.4. The van der Waals surface area contributed by atoms with Crippen molar-refractivity contribution in [3.05, 3.63) is 65.2 Å². The molecule has 0 aliphatic heterocycles. The molecular weight excluding hydrogens is 314 g/mol. The lowest BCUT2D eigenvalue weighted by atomic mass is 10.2. The first-order valence-corrected chi connectivity index (χ1v) is 7.25. The molecule has 2 aromatic carbocycles. The first-order chi connectivity index (χ1) is 11.1. The molecule has 0 bridgehead atoms. The van der Waals surface area contributed by atoms with Crippen molar-refractivity contribution in [2.45, 2.75) is 13.0 Å². The minimum atomic E-state index is -0.587. The Morgan fingerprint density at radius 1 is 1.09 bits per heavy atom. The van der Waals surface area contributed by atoms with Crippen LogP contribution in [0.15, 0.2) is 54.6 Å². The van der Waals surface area contributed by atoms with Crippen LogP contribution in [-0.2, 0) is 11.3 Å². The molecule has 5 nitrogen and oxygen atoms in total. The molecule has 0 aromatic heterocycles. The second-order valence-corrected chi connectivity index (χ2v) is 5.17. The molecule has 0 aliphatic rings. The highest BCUT2D eigenvalue weighted by molar-refractivity contribution is 6.30. The minimum absolute atomic E-state index is 0.0980. The highest BCUT2D eigenvalue weighted by atomic mass is 35.5. The van der Waals surface area contributed by atoms with Gasteiger partial charge in [0, 0.05) is 10.7 Å². The summed E-state index contributed by atoms with van der Waals surface area (Å²) in [5.74, 6) is -0.553. The highest BCUT2D eigenvalue weighted by Crippen LogP contribution is 2.15. The number of nitriles is 1. The van der Waals surface area contributed by atoms with Gasteiger partial charge >= 0.3 is 6.03 Å². The Bertz CT molecular complexity index is 724. The lowest BCUT2D eigenvalue weighted by Crippen LogP contribution is -2.39. The van der Waals surface area contributed by atoms with Crippen LogP contribution in [0.2, 0.25) is 5.02 Å². The van der Waals surface area contributed by atoms with Gasteiger partial charge in [-0.05, 0) is 29.8 Å². The SMILES string of the molecule is N#CCC(=O)N(Cc1ccccc1)C(=O)Nc1ccc(Cl)cc1. The number of halogens is 1. The zero-order chi connectivity index (χ0) is 16.7. The van der Waals surface area contributed by atoms with Gasteiger partial charge in [0.2, 0.25) is 5.91 Å². The van der Waals surface area contributed by atoms with Crippen molar-refractivity contribution >= 4 is 29.2 Å². The lowest BCUT2D eigenvalue weighted by molar-refractivity contribution is -0.127. The van der Waals surface area contributed by atoms with Gasteiger partial charge in [-0.15, -0.1) is 0 Å². The van der Waals surface area contributed by atoms with Gasteiger partial charge < -0.3 is 5.32 Å². The number of nitrogens with zero attached hydrogens (tertiary/aromatic N) is 2. The quantitative estimate of drug-likeness (QED) is 0.927. The Hall–Kier alpha value is -2.84. The molecule has 0 spiro atoms. The molecule has 3 amide bonds. The normalized spacial score (nSPS) is 9.74. The van der Waals surface area contributed by atoms with E-state index < -0.39 is 11.9 Å². The predicted octanol–water partition coefficient (Wildman–Crippen LogP) is 3.81. The van der Waals surface area contributed by atoms with E-state index in [-0.39, 0.29) is 13.0 Å². The van der Waals surface area contributed by atoms with E-state index in [2.05, 4.69) is 5.32 Å². The Labute approximate surface area is 139 Å². The third kappa shape index (κ3) is 4.83. The summed E-state index contributed by atoms with van der Waals surface area (Å²) in [6, 6.07) is 16.8. The van der Waals surface area contributed by atoms with Crippen molar-refractivity contribution in [2.24, 2.45) is 0 Å². The molecule has 0 radical (unpaired) electrons. The molecule has 0 unspecified atom stereocenters. The van der Waals surface area contributed by atoms with Crippen molar-refractivity contribution in [3.63, 3.8) is 0 Å². The number of anilines is 1. The Morgan fingerprint density at radius 2 is 1.74 bits per heavy atom. The number of hydrogen-bond donors (Lipinski definition) is 1. The van der Waals surface area contributed by atoms with E-state index in [1.807, 2.05) is 30.3 Å². The smallest absolute Gasteiger partial charge is 0.307 e. The van der Waals surface area contributed by atoms with Gasteiger partial charge in [0.25, 0.3) is 0 Å². The number of benzene rings is 2. The summed E-state index contributed by atoms with van der Waals surface area (Å²) in [5, 5.41) is 11.9. The Morgan fingerprint density at radius 3 is 2.35 bits per heavy atom. The van der Waals surface area contributed by atoms with E-state index in [0.717, 1.165) is 10.5 Å². The number of imide groups is 1. The van der Waals surface area contributed by atoms with Gasteiger partial charge in [0.1, 0.15) is 6.42 Å². The van der Waals surface area contributed by atoms with Crippen molar-refractivity contribution in [1.29, 1.82) is 5.26 Å². The molecule has 0 heterocycles. The van der Waals surface area contributed by atoms with Gasteiger partial charge in [0.15, 0.2) is 0 Å². The maximum absolute atomic E-state index is 12.4. The predicted molar refractivity (Wildman–Crippen MR) is 87.7 cm³/mol. The van der Waals surface area contributed by atoms with Crippen LogP contribution >= 0.6 is 11.6 Å². The van der Waals surface area contributed by atoms with Gasteiger partial charge in [0.05, 0.1) is 12.6 Å². The molecule has 6 heteroatoms. The van der Waals surface area contributed by atoms with Crippen molar-refractivity contribution < 1.29 is 9.59 Å². The standard InChI is InChI=1S/C17H14ClN3O2/c18-14-6-8-15(9-7-14)20-17(23)21(16(22)10-11-19)12-13-4-2-1-3-5-13/h1-9H,10,12H2,(H,20,23). The summed E-state index contributed by atoms with van der Waals surface area (Å²) in [6.07, 6.45) is -0.360. The highest BCUT2D eigenvalue weighted by Gasteiger charge is 2.21. The summed E-state index contributed by atoms with van der Waals surface area (Å²) >= 11 is 5.80. The summed E-state index contributed by atoms with van der Waals surface area (Å²) in [6.45, 7) is 0.0980. The van der Waals surface area contributed by atoms with E-state index in [1.165, 1.54) is 0 Å². The second kappa shape index (κ2) is 7.97. The molecule has 0 atom stereocenters. The second-order valence-electron chi connectivity index (χ2n) is 4.74. The number of carbonyl (C=O) groups excluding carboxylic acids is 2. The Kier molecular flexibility index (Phi) is 5.73. The molecule has 2 rings (SSSR count). The maximum Gasteiger partial charge on any atom is 0.328 e. The molecule has 1 N–H and O–H groups in total. The van der Waals surface area contributed by atoms with Crippen LogP contribution in [0.4, 0.5) is 10.5 Å². The molecule has 0 saturated carbocycles. The van der Waals surface area contributed by atoms with Gasteiger partial charge in [-0.3, -0.25) is 9.69 Å². The third-order valence-electron chi connectivity index (χ3n) is 3.06. The van der Waals surface area contributed by atoms with Crippen LogP contribution in [-0.4, -0.2) is 16.8 Å². The van der Waals surface area contributed by atoms with Gasteiger partial charge in [-0.1, -0.05) is 41.9 Å². The minimum Gasteiger partial charge on any atom is -0.307 e. The number of rotatable bonds is 4. The van der Waals surface area contributed by atoms with Crippen LogP contribution in [0.25, 0.3) is 0 Å². The van der Waals surface area contributed by atoms with Crippen LogP contribution in [0.3, 0.4) is 0 Å². The summed E-state index contributed by atoms with van der Waals surface area (Å²) in [4.78, 5) is 25.4. The van der Waals surface area contributed by atoms with Crippen LogP contribution < -0.4 is 5.32 Å². The molecule has 2 aromatic rings. The topological polar surface area (TPSA) is 73.2 Å². The van der Waals surface area contributed by atoms with Crippen molar-refractivity contribution in [3.8, 4) is 6.07 Å². The first kappa shape index (κ1) is 16.5. The largest absolute Gasteiger partial charge is 0.328 e. The zero-order valence-electron chi connectivity index (χ0n) is 12.2. The number of carbonyl (C=O) groups is 2. The monoisotopic (exact) mass is 327 g/mol. The number of hydrogen-bond acceptors (Lipinski definition) is 3. The fourth-order valence-corrected chi connectivity index (χ4v) is 2.05. The first-order valence-electron chi connectivity index (χ1n) is 6.88. The summed E-state index contributed by atoms with van der Waals surface area (Å²) in [7, 11) is 0. The number of amides is 3. The van der Waals surface area contributed by atoms with E-state index in [1.54, 1.807) is 30.3 Å². The molecular formula is C17H14ClN3O2. The third-order valence-corrected chi connectivity index (χ3v) is 3.31. The molecule has 116 valence electrons. The van der Waals surface area contributed by atoms with Crippen LogP contribution in [0.5, 0.6) is 0 Å². The number of urea groups is 1. The number of nitrogens with one attached hydrogen (secondary N) is 1. The van der Waals surface area contributed by atoms with Crippen molar-refractivity contribution in [2.75, 3.05) is 5.32 Å². The molecule has 0 saturated heterocycles. The summed E-state index contributed by atoms with van der Waals surface area (Å²) in [5.41, 5.74) is 1.31. The average Bonchev–Trinajstić information content (AvgIpc) is 2.56. The van der Waals surface area contributed by atoms with Gasteiger partial charge in [-0.2, -0.15) is 5.26 Å². The van der Waals surface area contributed by atoms with E-state index >= 15 is 0 Å². The fourth-order valence-electron chi connectivity index (χ4n) is 1.93. The van der Waals surface area contributed by atoms with Crippen molar-refractivity contribution in [1.82, 2.24) is 4.90 Å².